The Morgan fingerprint density at radius 1 is 0.286 bits per heavy atom. The van der Waals surface area contributed by atoms with Gasteiger partial charge in [0, 0.05) is 0 Å². The second kappa shape index (κ2) is 16.4. The third-order valence-corrected chi connectivity index (χ3v) is 12.8. The zero-order valence-corrected chi connectivity index (χ0v) is 34.9. The van der Waals surface area contributed by atoms with Gasteiger partial charge in [0.1, 0.15) is 0 Å². The average Bonchev–Trinajstić information content (AvgIpc) is 3.68. The zero-order valence-electron chi connectivity index (χ0n) is 34.9. The van der Waals surface area contributed by atoms with E-state index in [1.807, 2.05) is 0 Å². The third kappa shape index (κ3) is 6.93. The van der Waals surface area contributed by atoms with Gasteiger partial charge >= 0.3 is 0 Å². The lowest BCUT2D eigenvalue weighted by atomic mass is 9.67. The van der Waals surface area contributed by atoms with Crippen molar-refractivity contribution in [3.8, 4) is 55.6 Å². The van der Waals surface area contributed by atoms with E-state index < -0.39 is 5.41 Å². The van der Waals surface area contributed by atoms with Crippen LogP contribution in [0.25, 0.3) is 67.3 Å². The van der Waals surface area contributed by atoms with Crippen molar-refractivity contribution in [2.45, 2.75) is 5.41 Å². The Bertz CT molecular complexity index is 3140. The van der Waals surface area contributed by atoms with E-state index in [-0.39, 0.29) is 0 Å². The molecule has 10 aromatic carbocycles. The van der Waals surface area contributed by atoms with Gasteiger partial charge < -0.3 is 0 Å². The SMILES string of the molecule is C(=C(c1ccc(-c2ccc(-c3ccccc3)cc2)cc1)c1cccc2c1-c1ccccc1C2(c1ccccc1)c1ccccc1)c1ccc(-c2ccc(-c3ccccc3)cc2)cc1. The van der Waals surface area contributed by atoms with Crippen molar-refractivity contribution in [3.05, 3.63) is 300 Å². The molecule has 0 saturated heterocycles. The molecule has 0 aromatic heterocycles. The third-order valence-electron chi connectivity index (χ3n) is 12.8. The Morgan fingerprint density at radius 3 is 1.13 bits per heavy atom. The Labute approximate surface area is 370 Å². The van der Waals surface area contributed by atoms with Gasteiger partial charge in [0.25, 0.3) is 0 Å². The normalized spacial score (nSPS) is 12.7. The van der Waals surface area contributed by atoms with Crippen LogP contribution in [0.3, 0.4) is 0 Å². The first-order valence-corrected chi connectivity index (χ1v) is 21.8. The first-order chi connectivity index (χ1) is 31.2. The molecule has 10 aromatic rings. The molecule has 11 rings (SSSR count). The summed E-state index contributed by atoms with van der Waals surface area (Å²) < 4.78 is 0. The van der Waals surface area contributed by atoms with Crippen LogP contribution >= 0.6 is 0 Å². The lowest BCUT2D eigenvalue weighted by Crippen LogP contribution is -2.28. The van der Waals surface area contributed by atoms with Gasteiger partial charge in [-0.25, -0.2) is 0 Å². The molecule has 1 aliphatic carbocycles. The molecule has 0 saturated carbocycles. The van der Waals surface area contributed by atoms with Crippen molar-refractivity contribution >= 4 is 11.6 Å². The Kier molecular flexibility index (Phi) is 9.88. The molecule has 0 heterocycles. The molecule has 0 amide bonds. The molecule has 0 radical (unpaired) electrons. The molecule has 0 bridgehead atoms. The van der Waals surface area contributed by atoms with Crippen LogP contribution in [0.15, 0.2) is 261 Å². The Morgan fingerprint density at radius 2 is 0.651 bits per heavy atom. The first-order valence-electron chi connectivity index (χ1n) is 21.8. The number of hydrogen-bond acceptors (Lipinski definition) is 0. The molecule has 296 valence electrons. The maximum absolute atomic E-state index is 2.38. The molecule has 0 spiro atoms. The summed E-state index contributed by atoms with van der Waals surface area (Å²) in [6.07, 6.45) is 2.38. The topological polar surface area (TPSA) is 0 Å². The molecule has 63 heavy (non-hydrogen) atoms. The van der Waals surface area contributed by atoms with Gasteiger partial charge in [-0.3, -0.25) is 0 Å². The van der Waals surface area contributed by atoms with E-state index in [0.717, 1.165) is 5.56 Å². The van der Waals surface area contributed by atoms with E-state index in [0.29, 0.717) is 0 Å². The molecule has 1 aliphatic rings. The molecule has 0 N–H and O–H groups in total. The maximum Gasteiger partial charge on any atom is 0.0713 e. The summed E-state index contributed by atoms with van der Waals surface area (Å²) in [5.74, 6) is 0. The van der Waals surface area contributed by atoms with Crippen molar-refractivity contribution < 1.29 is 0 Å². The van der Waals surface area contributed by atoms with Crippen LogP contribution < -0.4 is 0 Å². The second-order valence-electron chi connectivity index (χ2n) is 16.4. The summed E-state index contributed by atoms with van der Waals surface area (Å²) in [6, 6.07) is 95.3. The van der Waals surface area contributed by atoms with Gasteiger partial charge in [-0.15, -0.1) is 0 Å². The predicted molar refractivity (Wildman–Crippen MR) is 265 cm³/mol. The van der Waals surface area contributed by atoms with Crippen molar-refractivity contribution in [2.24, 2.45) is 0 Å². The molecule has 0 atom stereocenters. The van der Waals surface area contributed by atoms with Crippen molar-refractivity contribution in [1.82, 2.24) is 0 Å². The zero-order chi connectivity index (χ0) is 42.0. The van der Waals surface area contributed by atoms with E-state index in [4.69, 9.17) is 0 Å². The van der Waals surface area contributed by atoms with E-state index in [1.54, 1.807) is 0 Å². The molecule has 0 unspecified atom stereocenters. The minimum Gasteiger partial charge on any atom is -0.0622 e. The highest BCUT2D eigenvalue weighted by molar-refractivity contribution is 6.01. The minimum absolute atomic E-state index is 0.483. The quantitative estimate of drug-likeness (QED) is 0.128. The molecular formula is C63H44. The monoisotopic (exact) mass is 800 g/mol. The highest BCUT2D eigenvalue weighted by atomic mass is 14.5. The molecular weight excluding hydrogens is 757 g/mol. The largest absolute Gasteiger partial charge is 0.0713 e. The van der Waals surface area contributed by atoms with Gasteiger partial charge in [-0.2, -0.15) is 0 Å². The fraction of sp³-hybridized carbons (Fsp3) is 0.0159. The van der Waals surface area contributed by atoms with Crippen LogP contribution in [0, 0.1) is 0 Å². The van der Waals surface area contributed by atoms with Crippen LogP contribution in [-0.4, -0.2) is 0 Å². The predicted octanol–water partition coefficient (Wildman–Crippen LogP) is 16.3. The summed E-state index contributed by atoms with van der Waals surface area (Å²) in [5, 5.41) is 0. The van der Waals surface area contributed by atoms with Gasteiger partial charge in [-0.05, 0) is 106 Å². The van der Waals surface area contributed by atoms with E-state index in [2.05, 4.69) is 267 Å². The highest BCUT2D eigenvalue weighted by Gasteiger charge is 2.46. The average molecular weight is 801 g/mol. The minimum atomic E-state index is -0.483. The smallest absolute Gasteiger partial charge is 0.0622 e. The van der Waals surface area contributed by atoms with Crippen molar-refractivity contribution in [2.75, 3.05) is 0 Å². The number of rotatable bonds is 9. The van der Waals surface area contributed by atoms with E-state index >= 15 is 0 Å². The van der Waals surface area contributed by atoms with Crippen LogP contribution in [0.1, 0.15) is 38.9 Å². The lowest BCUT2D eigenvalue weighted by Gasteiger charge is -2.34. The van der Waals surface area contributed by atoms with Crippen LogP contribution in [0.5, 0.6) is 0 Å². The van der Waals surface area contributed by atoms with Crippen molar-refractivity contribution in [1.29, 1.82) is 0 Å². The van der Waals surface area contributed by atoms with Gasteiger partial charge in [0.05, 0.1) is 5.41 Å². The lowest BCUT2D eigenvalue weighted by molar-refractivity contribution is 0.768. The number of hydrogen-bond donors (Lipinski definition) is 0. The van der Waals surface area contributed by atoms with Gasteiger partial charge in [0.15, 0.2) is 0 Å². The summed E-state index contributed by atoms with van der Waals surface area (Å²) >= 11 is 0. The van der Waals surface area contributed by atoms with Gasteiger partial charge in [0.2, 0.25) is 0 Å². The maximum atomic E-state index is 2.38. The molecule has 0 fully saturated rings. The number of benzene rings is 10. The first kappa shape index (κ1) is 37.9. The fourth-order valence-corrected chi connectivity index (χ4v) is 9.79. The molecule has 0 nitrogen and oxygen atoms in total. The van der Waals surface area contributed by atoms with Crippen LogP contribution in [-0.2, 0) is 5.41 Å². The fourth-order valence-electron chi connectivity index (χ4n) is 9.79. The second-order valence-corrected chi connectivity index (χ2v) is 16.4. The Balaban J connectivity index is 1.05. The standard InChI is InChI=1S/C63H44/c1-5-16-46(17-6-1)49-32-36-51(37-33-49)48-30-28-45(29-31-48)44-59(54-42-40-53(41-43-54)52-38-34-50(35-39-52)47-18-7-2-8-19-47)57-25-15-27-61-62(57)58-24-13-14-26-60(58)63(61,55-20-9-3-10-21-55)56-22-11-4-12-23-56/h1-44H. The van der Waals surface area contributed by atoms with Crippen LogP contribution in [0.4, 0.5) is 0 Å². The molecule has 0 heteroatoms. The van der Waals surface area contributed by atoms with Crippen molar-refractivity contribution in [3.63, 3.8) is 0 Å². The highest BCUT2D eigenvalue weighted by Crippen LogP contribution is 2.58. The summed E-state index contributed by atoms with van der Waals surface area (Å²) in [5.41, 5.74) is 21.6. The Hall–Kier alpha value is -8.06. The molecule has 0 aliphatic heterocycles. The summed E-state index contributed by atoms with van der Waals surface area (Å²) in [4.78, 5) is 0. The van der Waals surface area contributed by atoms with Gasteiger partial charge in [-0.1, -0.05) is 261 Å². The number of fused-ring (bicyclic) bond motifs is 3. The van der Waals surface area contributed by atoms with E-state index in [9.17, 15) is 0 Å². The van der Waals surface area contributed by atoms with Crippen LogP contribution in [0.2, 0.25) is 0 Å². The summed E-state index contributed by atoms with van der Waals surface area (Å²) in [7, 11) is 0. The van der Waals surface area contributed by atoms with E-state index in [1.165, 1.54) is 94.6 Å². The summed E-state index contributed by atoms with van der Waals surface area (Å²) in [6.45, 7) is 0.